The molecule has 1 atom stereocenters. The molecule has 1 amide bonds. The molecule has 5 nitrogen and oxygen atoms in total. The Kier molecular flexibility index (Phi) is 5.85. The van der Waals surface area contributed by atoms with Gasteiger partial charge in [-0.1, -0.05) is 29.8 Å². The highest BCUT2D eigenvalue weighted by Gasteiger charge is 2.25. The van der Waals surface area contributed by atoms with Crippen LogP contribution in [0.5, 0.6) is 0 Å². The van der Waals surface area contributed by atoms with Gasteiger partial charge in [0.1, 0.15) is 0 Å². The molecule has 0 saturated carbocycles. The van der Waals surface area contributed by atoms with Crippen LogP contribution in [0.15, 0.2) is 42.5 Å². The number of amides is 1. The number of fused-ring (bicyclic) bond motifs is 1. The molecule has 0 aliphatic carbocycles. The SMILES string of the molecule is CN1CCc2cc(C(CNC(=O)c3cccc(Cl)c3)N3CCOCC3)ccc21. The monoisotopic (exact) mass is 399 g/mol. The second-order valence-electron chi connectivity index (χ2n) is 7.44. The number of hydrogen-bond acceptors (Lipinski definition) is 4. The van der Waals surface area contributed by atoms with Gasteiger partial charge in [0.15, 0.2) is 0 Å². The zero-order chi connectivity index (χ0) is 19.5. The van der Waals surface area contributed by atoms with E-state index in [1.807, 2.05) is 0 Å². The molecular weight excluding hydrogens is 374 g/mol. The number of carbonyl (C=O) groups excluding carboxylic acids is 1. The van der Waals surface area contributed by atoms with Crippen molar-refractivity contribution in [2.75, 3.05) is 51.3 Å². The normalized spacial score (nSPS) is 18.0. The Morgan fingerprint density at radius 3 is 2.79 bits per heavy atom. The minimum Gasteiger partial charge on any atom is -0.379 e. The molecule has 0 aromatic heterocycles. The molecule has 2 heterocycles. The first-order valence-corrected chi connectivity index (χ1v) is 10.2. The second-order valence-corrected chi connectivity index (χ2v) is 7.88. The molecule has 4 rings (SSSR count). The number of ether oxygens (including phenoxy) is 1. The molecular formula is C22H26ClN3O2. The largest absolute Gasteiger partial charge is 0.379 e. The van der Waals surface area contributed by atoms with Gasteiger partial charge in [-0.2, -0.15) is 0 Å². The van der Waals surface area contributed by atoms with Crippen LogP contribution in [0.1, 0.15) is 27.5 Å². The van der Waals surface area contributed by atoms with Gasteiger partial charge in [0.25, 0.3) is 5.91 Å². The molecule has 0 radical (unpaired) electrons. The van der Waals surface area contributed by atoms with Crippen molar-refractivity contribution < 1.29 is 9.53 Å². The maximum Gasteiger partial charge on any atom is 0.251 e. The van der Waals surface area contributed by atoms with E-state index in [2.05, 4.69) is 40.4 Å². The van der Waals surface area contributed by atoms with E-state index in [0.717, 1.165) is 39.3 Å². The Hall–Kier alpha value is -2.08. The molecule has 0 spiro atoms. The van der Waals surface area contributed by atoms with Crippen LogP contribution in [0, 0.1) is 0 Å². The molecule has 148 valence electrons. The zero-order valence-corrected chi connectivity index (χ0v) is 16.9. The maximum atomic E-state index is 12.6. The van der Waals surface area contributed by atoms with Crippen molar-refractivity contribution in [3.8, 4) is 0 Å². The average molecular weight is 400 g/mol. The van der Waals surface area contributed by atoms with Gasteiger partial charge in [-0.3, -0.25) is 9.69 Å². The van der Waals surface area contributed by atoms with Crippen LogP contribution < -0.4 is 10.2 Å². The molecule has 1 unspecified atom stereocenters. The van der Waals surface area contributed by atoms with Gasteiger partial charge >= 0.3 is 0 Å². The van der Waals surface area contributed by atoms with Crippen molar-refractivity contribution in [3.05, 3.63) is 64.2 Å². The third kappa shape index (κ3) is 4.17. The first-order chi connectivity index (χ1) is 13.6. The standard InChI is InChI=1S/C22H26ClN3O2/c1-25-8-7-17-13-16(5-6-20(17)25)21(26-9-11-28-12-10-26)15-24-22(27)18-3-2-4-19(23)14-18/h2-6,13-14,21H,7-12,15H2,1H3,(H,24,27). The third-order valence-electron chi connectivity index (χ3n) is 5.65. The fraction of sp³-hybridized carbons (Fsp3) is 0.409. The summed E-state index contributed by atoms with van der Waals surface area (Å²) in [5, 5.41) is 3.68. The van der Waals surface area contributed by atoms with Crippen molar-refractivity contribution in [1.82, 2.24) is 10.2 Å². The lowest BCUT2D eigenvalue weighted by Crippen LogP contribution is -2.43. The fourth-order valence-electron chi connectivity index (χ4n) is 4.06. The zero-order valence-electron chi connectivity index (χ0n) is 16.2. The number of halogens is 1. The molecule has 28 heavy (non-hydrogen) atoms. The first-order valence-electron chi connectivity index (χ1n) is 9.81. The van der Waals surface area contributed by atoms with Crippen LogP contribution in [-0.4, -0.2) is 57.2 Å². The van der Waals surface area contributed by atoms with E-state index in [0.29, 0.717) is 17.1 Å². The molecule has 2 aromatic rings. The van der Waals surface area contributed by atoms with Crippen LogP contribution >= 0.6 is 11.6 Å². The lowest BCUT2D eigenvalue weighted by Gasteiger charge is -2.35. The summed E-state index contributed by atoms with van der Waals surface area (Å²) in [6, 6.07) is 13.9. The van der Waals surface area contributed by atoms with Crippen LogP contribution in [0.25, 0.3) is 0 Å². The molecule has 1 N–H and O–H groups in total. The van der Waals surface area contributed by atoms with Crippen molar-refractivity contribution in [3.63, 3.8) is 0 Å². The van der Waals surface area contributed by atoms with Crippen LogP contribution in [0.3, 0.4) is 0 Å². The van der Waals surface area contributed by atoms with Gasteiger partial charge in [0, 0.05) is 49.5 Å². The van der Waals surface area contributed by atoms with Gasteiger partial charge in [-0.25, -0.2) is 0 Å². The van der Waals surface area contributed by atoms with Crippen LogP contribution in [0.4, 0.5) is 5.69 Å². The number of nitrogens with zero attached hydrogens (tertiary/aromatic N) is 2. The smallest absolute Gasteiger partial charge is 0.251 e. The van der Waals surface area contributed by atoms with Crippen LogP contribution in [-0.2, 0) is 11.2 Å². The van der Waals surface area contributed by atoms with Gasteiger partial charge in [-0.15, -0.1) is 0 Å². The van der Waals surface area contributed by atoms with E-state index < -0.39 is 0 Å². The summed E-state index contributed by atoms with van der Waals surface area (Å²) in [6.45, 7) is 4.81. The highest BCUT2D eigenvalue weighted by atomic mass is 35.5. The van der Waals surface area contributed by atoms with Gasteiger partial charge in [-0.05, 0) is 41.8 Å². The van der Waals surface area contributed by atoms with E-state index in [4.69, 9.17) is 16.3 Å². The molecule has 6 heteroatoms. The molecule has 2 aliphatic rings. The highest BCUT2D eigenvalue weighted by molar-refractivity contribution is 6.30. The van der Waals surface area contributed by atoms with E-state index in [1.165, 1.54) is 16.8 Å². The number of carbonyl (C=O) groups is 1. The minimum atomic E-state index is -0.0957. The Balaban J connectivity index is 1.53. The Bertz CT molecular complexity index is 851. The summed E-state index contributed by atoms with van der Waals surface area (Å²) in [6.07, 6.45) is 1.07. The lowest BCUT2D eigenvalue weighted by molar-refractivity contribution is 0.0162. The Morgan fingerprint density at radius 1 is 1.18 bits per heavy atom. The maximum absolute atomic E-state index is 12.6. The number of likely N-dealkylation sites (N-methyl/N-ethyl adjacent to an activating group) is 1. The van der Waals surface area contributed by atoms with Crippen molar-refractivity contribution >= 4 is 23.2 Å². The number of nitrogens with one attached hydrogen (secondary N) is 1. The molecule has 2 aliphatic heterocycles. The van der Waals surface area contributed by atoms with Crippen molar-refractivity contribution in [2.45, 2.75) is 12.5 Å². The third-order valence-corrected chi connectivity index (χ3v) is 5.88. The fourth-order valence-corrected chi connectivity index (χ4v) is 4.25. The molecule has 0 bridgehead atoms. The van der Waals surface area contributed by atoms with E-state index in [-0.39, 0.29) is 11.9 Å². The topological polar surface area (TPSA) is 44.8 Å². The number of hydrogen-bond donors (Lipinski definition) is 1. The lowest BCUT2D eigenvalue weighted by atomic mass is 10.00. The quantitative estimate of drug-likeness (QED) is 0.839. The van der Waals surface area contributed by atoms with Crippen LogP contribution in [0.2, 0.25) is 5.02 Å². The second kappa shape index (κ2) is 8.52. The number of morpholine rings is 1. The molecule has 1 saturated heterocycles. The number of benzene rings is 2. The van der Waals surface area contributed by atoms with E-state index >= 15 is 0 Å². The molecule has 2 aromatic carbocycles. The van der Waals surface area contributed by atoms with E-state index in [9.17, 15) is 4.79 Å². The number of anilines is 1. The summed E-state index contributed by atoms with van der Waals surface area (Å²) < 4.78 is 5.53. The van der Waals surface area contributed by atoms with E-state index in [1.54, 1.807) is 24.3 Å². The summed E-state index contributed by atoms with van der Waals surface area (Å²) in [7, 11) is 2.14. The Labute approximate surface area is 171 Å². The van der Waals surface area contributed by atoms with Crippen molar-refractivity contribution in [1.29, 1.82) is 0 Å². The summed E-state index contributed by atoms with van der Waals surface area (Å²) in [4.78, 5) is 17.3. The summed E-state index contributed by atoms with van der Waals surface area (Å²) >= 11 is 6.03. The summed E-state index contributed by atoms with van der Waals surface area (Å²) in [5.74, 6) is -0.0957. The first kappa shape index (κ1) is 19.2. The summed E-state index contributed by atoms with van der Waals surface area (Å²) in [5.41, 5.74) is 4.54. The highest BCUT2D eigenvalue weighted by Crippen LogP contribution is 2.31. The van der Waals surface area contributed by atoms with Gasteiger partial charge < -0.3 is 15.0 Å². The predicted molar refractivity (Wildman–Crippen MR) is 112 cm³/mol. The average Bonchev–Trinajstić information content (AvgIpc) is 3.09. The predicted octanol–water partition coefficient (Wildman–Crippen LogP) is 3.14. The minimum absolute atomic E-state index is 0.0957. The number of rotatable bonds is 5. The van der Waals surface area contributed by atoms with Gasteiger partial charge in [0.05, 0.1) is 19.3 Å². The Morgan fingerprint density at radius 2 is 2.00 bits per heavy atom. The van der Waals surface area contributed by atoms with Gasteiger partial charge in [0.2, 0.25) is 0 Å². The van der Waals surface area contributed by atoms with Crippen molar-refractivity contribution in [2.24, 2.45) is 0 Å². The molecule has 1 fully saturated rings.